The van der Waals surface area contributed by atoms with Crippen LogP contribution in [-0.4, -0.2) is 0 Å². The molecule has 0 unspecified atom stereocenters. The number of rotatable bonds is 0. The minimum atomic E-state index is 1.13. The Morgan fingerprint density at radius 3 is 2.92 bits per heavy atom. The van der Waals surface area contributed by atoms with Gasteiger partial charge in [-0.05, 0) is 18.2 Å². The SMILES string of the molecule is C[n+]1cccc2cc(Br)ccc21. The Morgan fingerprint density at radius 1 is 1.25 bits per heavy atom. The number of hydrogen-bond donors (Lipinski definition) is 0. The average Bonchev–Trinajstić information content (AvgIpc) is 2.04. The molecule has 0 saturated carbocycles. The molecule has 0 radical (unpaired) electrons. The van der Waals surface area contributed by atoms with E-state index in [1.807, 2.05) is 0 Å². The number of benzene rings is 1. The van der Waals surface area contributed by atoms with Crippen molar-refractivity contribution >= 4 is 26.8 Å². The second-order valence-electron chi connectivity index (χ2n) is 2.82. The van der Waals surface area contributed by atoms with Gasteiger partial charge in [-0.25, -0.2) is 4.57 Å². The Bertz CT molecular complexity index is 423. The van der Waals surface area contributed by atoms with Gasteiger partial charge in [0.25, 0.3) is 0 Å². The molecule has 1 nitrogen and oxygen atoms in total. The van der Waals surface area contributed by atoms with Crippen molar-refractivity contribution in [1.29, 1.82) is 0 Å². The van der Waals surface area contributed by atoms with E-state index in [4.69, 9.17) is 0 Å². The Kier molecular flexibility index (Phi) is 1.85. The quantitative estimate of drug-likeness (QED) is 0.604. The lowest BCUT2D eigenvalue weighted by Crippen LogP contribution is -2.27. The van der Waals surface area contributed by atoms with Crippen molar-refractivity contribution in [2.24, 2.45) is 7.05 Å². The monoisotopic (exact) mass is 222 g/mol. The largest absolute Gasteiger partial charge is 0.212 e. The molecule has 2 aromatic rings. The van der Waals surface area contributed by atoms with Gasteiger partial charge < -0.3 is 0 Å². The van der Waals surface area contributed by atoms with E-state index >= 15 is 0 Å². The van der Waals surface area contributed by atoms with Crippen LogP contribution >= 0.6 is 15.9 Å². The molecule has 1 heterocycles. The zero-order valence-corrected chi connectivity index (χ0v) is 8.38. The highest BCUT2D eigenvalue weighted by Crippen LogP contribution is 2.16. The first-order valence-electron chi connectivity index (χ1n) is 3.81. The summed E-state index contributed by atoms with van der Waals surface area (Å²) in [5.41, 5.74) is 1.25. The first-order chi connectivity index (χ1) is 5.77. The standard InChI is InChI=1S/C10H9BrN/c1-12-6-2-3-8-7-9(11)4-5-10(8)12/h2-7H,1H3/q+1. The zero-order valence-electron chi connectivity index (χ0n) is 6.79. The first kappa shape index (κ1) is 7.74. The Balaban J connectivity index is 2.86. The van der Waals surface area contributed by atoms with Crippen LogP contribution in [0.4, 0.5) is 0 Å². The van der Waals surface area contributed by atoms with E-state index in [2.05, 4.69) is 64.1 Å². The van der Waals surface area contributed by atoms with Gasteiger partial charge in [-0.15, -0.1) is 0 Å². The molecular formula is C10H9BrN+. The number of pyridine rings is 1. The maximum atomic E-state index is 3.45. The fourth-order valence-corrected chi connectivity index (χ4v) is 1.71. The van der Waals surface area contributed by atoms with Gasteiger partial charge in [0, 0.05) is 22.0 Å². The number of aryl methyl sites for hydroxylation is 1. The molecular weight excluding hydrogens is 214 g/mol. The van der Waals surface area contributed by atoms with E-state index in [-0.39, 0.29) is 0 Å². The van der Waals surface area contributed by atoms with Crippen molar-refractivity contribution in [3.05, 3.63) is 41.0 Å². The van der Waals surface area contributed by atoms with Crippen molar-refractivity contribution < 1.29 is 4.57 Å². The summed E-state index contributed by atoms with van der Waals surface area (Å²) < 4.78 is 3.24. The van der Waals surface area contributed by atoms with Crippen LogP contribution in [0.1, 0.15) is 0 Å². The van der Waals surface area contributed by atoms with Gasteiger partial charge in [-0.2, -0.15) is 0 Å². The molecule has 1 aromatic heterocycles. The van der Waals surface area contributed by atoms with E-state index < -0.39 is 0 Å². The number of hydrogen-bond acceptors (Lipinski definition) is 0. The van der Waals surface area contributed by atoms with Gasteiger partial charge >= 0.3 is 0 Å². The van der Waals surface area contributed by atoms with Crippen LogP contribution in [0.2, 0.25) is 0 Å². The minimum absolute atomic E-state index is 1.13. The van der Waals surface area contributed by atoms with Gasteiger partial charge in [0.05, 0.1) is 0 Å². The summed E-state index contributed by atoms with van der Waals surface area (Å²) in [6, 6.07) is 10.5. The predicted molar refractivity (Wildman–Crippen MR) is 52.8 cm³/mol. The summed E-state index contributed by atoms with van der Waals surface area (Å²) in [6.07, 6.45) is 2.05. The lowest BCUT2D eigenvalue weighted by molar-refractivity contribution is -0.644. The molecule has 0 amide bonds. The highest BCUT2D eigenvalue weighted by atomic mass is 79.9. The van der Waals surface area contributed by atoms with Gasteiger partial charge in [0.15, 0.2) is 6.20 Å². The third-order valence-electron chi connectivity index (χ3n) is 1.96. The predicted octanol–water partition coefficient (Wildman–Crippen LogP) is 2.43. The smallest absolute Gasteiger partial charge is 0.201 e. The molecule has 60 valence electrons. The topological polar surface area (TPSA) is 3.88 Å². The molecule has 2 rings (SSSR count). The second-order valence-corrected chi connectivity index (χ2v) is 3.74. The molecule has 0 spiro atoms. The van der Waals surface area contributed by atoms with Crippen molar-refractivity contribution in [1.82, 2.24) is 0 Å². The minimum Gasteiger partial charge on any atom is -0.201 e. The van der Waals surface area contributed by atoms with Gasteiger partial charge in [0.1, 0.15) is 7.05 Å². The van der Waals surface area contributed by atoms with Gasteiger partial charge in [-0.3, -0.25) is 0 Å². The lowest BCUT2D eigenvalue weighted by Gasteiger charge is -1.95. The van der Waals surface area contributed by atoms with Crippen molar-refractivity contribution in [2.45, 2.75) is 0 Å². The highest BCUT2D eigenvalue weighted by Gasteiger charge is 2.02. The van der Waals surface area contributed by atoms with Crippen LogP contribution in [0, 0.1) is 0 Å². The molecule has 0 bridgehead atoms. The Hall–Kier alpha value is -0.890. The second kappa shape index (κ2) is 2.87. The van der Waals surface area contributed by atoms with Crippen LogP contribution in [0.3, 0.4) is 0 Å². The van der Waals surface area contributed by atoms with Crippen molar-refractivity contribution in [3.8, 4) is 0 Å². The van der Waals surface area contributed by atoms with Crippen LogP contribution in [0.5, 0.6) is 0 Å². The molecule has 0 N–H and O–H groups in total. The summed E-state index contributed by atoms with van der Waals surface area (Å²) in [4.78, 5) is 0. The van der Waals surface area contributed by atoms with E-state index in [9.17, 15) is 0 Å². The summed E-state index contributed by atoms with van der Waals surface area (Å²) in [6.45, 7) is 0. The molecule has 0 atom stereocenters. The van der Waals surface area contributed by atoms with Crippen LogP contribution in [-0.2, 0) is 7.05 Å². The maximum absolute atomic E-state index is 3.45. The molecule has 0 aliphatic heterocycles. The number of halogens is 1. The number of aromatic nitrogens is 1. The third kappa shape index (κ3) is 1.23. The fourth-order valence-electron chi connectivity index (χ4n) is 1.34. The number of fused-ring (bicyclic) bond motifs is 1. The Labute approximate surface area is 79.8 Å². The Morgan fingerprint density at radius 2 is 2.08 bits per heavy atom. The van der Waals surface area contributed by atoms with Crippen LogP contribution < -0.4 is 4.57 Å². The molecule has 0 aliphatic rings. The highest BCUT2D eigenvalue weighted by molar-refractivity contribution is 9.10. The van der Waals surface area contributed by atoms with E-state index in [0.29, 0.717) is 0 Å². The average molecular weight is 223 g/mol. The summed E-state index contributed by atoms with van der Waals surface area (Å²) in [7, 11) is 2.05. The molecule has 0 fully saturated rings. The maximum Gasteiger partial charge on any atom is 0.212 e. The van der Waals surface area contributed by atoms with Crippen molar-refractivity contribution in [2.75, 3.05) is 0 Å². The van der Waals surface area contributed by atoms with Gasteiger partial charge in [-0.1, -0.05) is 15.9 Å². The molecule has 0 aliphatic carbocycles. The van der Waals surface area contributed by atoms with Crippen LogP contribution in [0.15, 0.2) is 41.0 Å². The van der Waals surface area contributed by atoms with E-state index in [0.717, 1.165) is 4.47 Å². The molecule has 0 saturated heterocycles. The van der Waals surface area contributed by atoms with E-state index in [1.165, 1.54) is 10.9 Å². The summed E-state index contributed by atoms with van der Waals surface area (Å²) >= 11 is 3.45. The summed E-state index contributed by atoms with van der Waals surface area (Å²) in [5, 5.41) is 1.26. The molecule has 2 heteroatoms. The molecule has 12 heavy (non-hydrogen) atoms. The van der Waals surface area contributed by atoms with E-state index in [1.54, 1.807) is 0 Å². The lowest BCUT2D eigenvalue weighted by atomic mass is 10.2. The van der Waals surface area contributed by atoms with Gasteiger partial charge in [0.2, 0.25) is 5.52 Å². The normalized spacial score (nSPS) is 10.5. The van der Waals surface area contributed by atoms with Crippen LogP contribution in [0.25, 0.3) is 10.9 Å². The number of nitrogens with zero attached hydrogens (tertiary/aromatic N) is 1. The third-order valence-corrected chi connectivity index (χ3v) is 2.45. The zero-order chi connectivity index (χ0) is 8.55. The molecule has 1 aromatic carbocycles. The van der Waals surface area contributed by atoms with Crippen molar-refractivity contribution in [3.63, 3.8) is 0 Å². The first-order valence-corrected chi connectivity index (χ1v) is 4.60. The summed E-state index contributed by atoms with van der Waals surface area (Å²) in [5.74, 6) is 0. The fraction of sp³-hybridized carbons (Fsp3) is 0.100.